The van der Waals surface area contributed by atoms with Crippen molar-refractivity contribution < 1.29 is 39.8 Å². The van der Waals surface area contributed by atoms with Gasteiger partial charge in [0.1, 0.15) is 24.4 Å². The molecule has 0 spiro atoms. The molecular formula is C44H87NO8. The number of aliphatic hydroxyl groups excluding tert-OH is 5. The van der Waals surface area contributed by atoms with Gasteiger partial charge in [0.25, 0.3) is 0 Å². The van der Waals surface area contributed by atoms with E-state index in [1.807, 2.05) is 0 Å². The summed E-state index contributed by atoms with van der Waals surface area (Å²) in [6.45, 7) is 3.80. The Morgan fingerprint density at radius 3 is 1.34 bits per heavy atom. The molecule has 7 atom stereocenters. The summed E-state index contributed by atoms with van der Waals surface area (Å²) >= 11 is 0. The van der Waals surface area contributed by atoms with Crippen molar-refractivity contribution >= 4 is 5.91 Å². The van der Waals surface area contributed by atoms with Crippen LogP contribution in [0.5, 0.6) is 0 Å². The Bertz CT molecular complexity index is 801. The predicted octanol–water partition coefficient (Wildman–Crippen LogP) is 9.17. The van der Waals surface area contributed by atoms with E-state index in [4.69, 9.17) is 9.47 Å². The lowest BCUT2D eigenvalue weighted by Crippen LogP contribution is -2.60. The van der Waals surface area contributed by atoms with Gasteiger partial charge in [-0.25, -0.2) is 0 Å². The largest absolute Gasteiger partial charge is 0.394 e. The van der Waals surface area contributed by atoms with Crippen LogP contribution in [-0.4, -0.2) is 87.5 Å². The van der Waals surface area contributed by atoms with Gasteiger partial charge >= 0.3 is 0 Å². The SMILES string of the molecule is CCCCCCCCCCCCCCCCCCCCCCCCCC(=O)NC(COC1OC(CO)C(O)C(O)C1O)C(O)CCCCCCCCC. The average molecular weight is 758 g/mol. The molecule has 53 heavy (non-hydrogen) atoms. The molecule has 0 radical (unpaired) electrons. The molecule has 1 heterocycles. The topological polar surface area (TPSA) is 149 Å². The molecule has 9 nitrogen and oxygen atoms in total. The van der Waals surface area contributed by atoms with Crippen LogP contribution < -0.4 is 5.32 Å². The Morgan fingerprint density at radius 1 is 0.566 bits per heavy atom. The van der Waals surface area contributed by atoms with Gasteiger partial charge in [0.15, 0.2) is 6.29 Å². The van der Waals surface area contributed by atoms with Gasteiger partial charge in [-0.05, 0) is 12.8 Å². The fourth-order valence-electron chi connectivity index (χ4n) is 7.51. The van der Waals surface area contributed by atoms with Crippen LogP contribution in [0.4, 0.5) is 0 Å². The highest BCUT2D eigenvalue weighted by molar-refractivity contribution is 5.76. The minimum atomic E-state index is -1.55. The highest BCUT2D eigenvalue weighted by Gasteiger charge is 2.44. The minimum Gasteiger partial charge on any atom is -0.394 e. The summed E-state index contributed by atoms with van der Waals surface area (Å²) in [6.07, 6.45) is 31.5. The van der Waals surface area contributed by atoms with Crippen LogP contribution in [0, 0.1) is 0 Å². The molecule has 0 bridgehead atoms. The number of carbonyl (C=O) groups is 1. The van der Waals surface area contributed by atoms with Gasteiger partial charge in [0.2, 0.25) is 5.91 Å². The summed E-state index contributed by atoms with van der Waals surface area (Å²) in [4.78, 5) is 12.9. The van der Waals surface area contributed by atoms with Crippen LogP contribution in [0.3, 0.4) is 0 Å². The second-order valence-electron chi connectivity index (χ2n) is 16.2. The minimum absolute atomic E-state index is 0.133. The monoisotopic (exact) mass is 758 g/mol. The predicted molar refractivity (Wildman–Crippen MR) is 217 cm³/mol. The number of amides is 1. The van der Waals surface area contributed by atoms with Crippen molar-refractivity contribution in [2.24, 2.45) is 0 Å². The molecule has 316 valence electrons. The lowest BCUT2D eigenvalue weighted by atomic mass is 9.99. The van der Waals surface area contributed by atoms with E-state index in [0.29, 0.717) is 12.8 Å². The third-order valence-electron chi connectivity index (χ3n) is 11.2. The number of nitrogens with one attached hydrogen (secondary N) is 1. The quantitative estimate of drug-likeness (QED) is 0.0342. The summed E-state index contributed by atoms with van der Waals surface area (Å²) < 4.78 is 11.2. The highest BCUT2D eigenvalue weighted by Crippen LogP contribution is 2.23. The first-order valence-corrected chi connectivity index (χ1v) is 22.7. The molecule has 9 heteroatoms. The van der Waals surface area contributed by atoms with Gasteiger partial charge in [-0.15, -0.1) is 0 Å². The van der Waals surface area contributed by atoms with Crippen molar-refractivity contribution in [3.63, 3.8) is 0 Å². The summed E-state index contributed by atoms with van der Waals surface area (Å²) in [5.41, 5.74) is 0. The number of rotatable bonds is 38. The number of carbonyl (C=O) groups excluding carboxylic acids is 1. The van der Waals surface area contributed by atoms with E-state index in [-0.39, 0.29) is 12.5 Å². The number of hydrogen-bond donors (Lipinski definition) is 6. The molecule has 1 aliphatic heterocycles. The third-order valence-corrected chi connectivity index (χ3v) is 11.2. The molecule has 1 saturated heterocycles. The van der Waals surface area contributed by atoms with E-state index in [1.54, 1.807) is 0 Å². The molecule has 0 aromatic carbocycles. The Kier molecular flexibility index (Phi) is 33.7. The fraction of sp³-hybridized carbons (Fsp3) is 0.977. The first-order valence-electron chi connectivity index (χ1n) is 22.7. The fourth-order valence-corrected chi connectivity index (χ4v) is 7.51. The second-order valence-corrected chi connectivity index (χ2v) is 16.2. The molecule has 7 unspecified atom stereocenters. The van der Waals surface area contributed by atoms with E-state index in [1.165, 1.54) is 154 Å². The zero-order valence-corrected chi connectivity index (χ0v) is 34.5. The zero-order valence-electron chi connectivity index (χ0n) is 34.5. The van der Waals surface area contributed by atoms with E-state index < -0.39 is 49.5 Å². The second kappa shape index (κ2) is 35.6. The lowest BCUT2D eigenvalue weighted by Gasteiger charge is -2.40. The van der Waals surface area contributed by atoms with Crippen molar-refractivity contribution in [3.8, 4) is 0 Å². The van der Waals surface area contributed by atoms with Crippen molar-refractivity contribution in [1.82, 2.24) is 5.32 Å². The van der Waals surface area contributed by atoms with Gasteiger partial charge in [0, 0.05) is 6.42 Å². The summed E-state index contributed by atoms with van der Waals surface area (Å²) in [7, 11) is 0. The Balaban J connectivity index is 2.16. The van der Waals surface area contributed by atoms with Crippen molar-refractivity contribution in [3.05, 3.63) is 0 Å². The van der Waals surface area contributed by atoms with Crippen LogP contribution in [0.2, 0.25) is 0 Å². The molecule has 0 aromatic heterocycles. The van der Waals surface area contributed by atoms with Gasteiger partial charge in [-0.2, -0.15) is 0 Å². The van der Waals surface area contributed by atoms with Crippen LogP contribution >= 0.6 is 0 Å². The van der Waals surface area contributed by atoms with E-state index in [9.17, 15) is 30.3 Å². The zero-order chi connectivity index (χ0) is 38.8. The maximum atomic E-state index is 12.9. The number of ether oxygens (including phenoxy) is 2. The maximum absolute atomic E-state index is 12.9. The Hall–Kier alpha value is -0.810. The van der Waals surface area contributed by atoms with Gasteiger partial charge < -0.3 is 40.3 Å². The smallest absolute Gasteiger partial charge is 0.220 e. The van der Waals surface area contributed by atoms with Crippen molar-refractivity contribution in [2.75, 3.05) is 13.2 Å². The highest BCUT2D eigenvalue weighted by atomic mass is 16.7. The van der Waals surface area contributed by atoms with Gasteiger partial charge in [-0.3, -0.25) is 4.79 Å². The molecule has 0 aromatic rings. The first kappa shape index (κ1) is 50.2. The van der Waals surface area contributed by atoms with Crippen LogP contribution in [-0.2, 0) is 14.3 Å². The van der Waals surface area contributed by atoms with E-state index in [0.717, 1.165) is 38.5 Å². The molecule has 0 saturated carbocycles. The standard InChI is InChI=1S/C44H87NO8/c1-3-5-7-9-11-12-13-14-15-16-17-18-19-20-21-22-23-24-25-26-28-30-32-34-40(48)45-37(38(47)33-31-29-27-10-8-6-4-2)36-52-44-43(51)42(50)41(49)39(35-46)53-44/h37-39,41-44,46-47,49-51H,3-36H2,1-2H3,(H,45,48). The van der Waals surface area contributed by atoms with Gasteiger partial charge in [0.05, 0.1) is 25.4 Å². The van der Waals surface area contributed by atoms with E-state index in [2.05, 4.69) is 19.2 Å². The number of aliphatic hydroxyl groups is 5. The Morgan fingerprint density at radius 2 is 0.943 bits per heavy atom. The maximum Gasteiger partial charge on any atom is 0.220 e. The summed E-state index contributed by atoms with van der Waals surface area (Å²) in [6, 6.07) is -0.709. The third kappa shape index (κ3) is 26.6. The summed E-state index contributed by atoms with van der Waals surface area (Å²) in [5.74, 6) is -0.144. The first-order chi connectivity index (χ1) is 25.8. The van der Waals surface area contributed by atoms with Crippen LogP contribution in [0.15, 0.2) is 0 Å². The molecule has 1 fully saturated rings. The Labute approximate surface area is 325 Å². The summed E-state index contributed by atoms with van der Waals surface area (Å²) in [5, 5.41) is 54.0. The number of unbranched alkanes of at least 4 members (excludes halogenated alkanes) is 28. The molecule has 1 rings (SSSR count). The molecular weight excluding hydrogens is 670 g/mol. The lowest BCUT2D eigenvalue weighted by molar-refractivity contribution is -0.302. The normalized spacial score (nSPS) is 21.5. The van der Waals surface area contributed by atoms with Crippen molar-refractivity contribution in [2.45, 2.75) is 262 Å². The molecule has 6 N–H and O–H groups in total. The molecule has 1 aliphatic rings. The molecule has 0 aliphatic carbocycles. The number of hydrogen-bond acceptors (Lipinski definition) is 8. The van der Waals surface area contributed by atoms with Crippen LogP contribution in [0.1, 0.15) is 219 Å². The van der Waals surface area contributed by atoms with Crippen molar-refractivity contribution in [1.29, 1.82) is 0 Å². The average Bonchev–Trinajstić information content (AvgIpc) is 3.16. The molecule has 1 amide bonds. The van der Waals surface area contributed by atoms with Crippen LogP contribution in [0.25, 0.3) is 0 Å². The van der Waals surface area contributed by atoms with Gasteiger partial charge in [-0.1, -0.05) is 200 Å². The van der Waals surface area contributed by atoms with E-state index >= 15 is 0 Å².